The lowest BCUT2D eigenvalue weighted by Gasteiger charge is -2.08. The Labute approximate surface area is 108 Å². The van der Waals surface area contributed by atoms with Crippen molar-refractivity contribution in [3.05, 3.63) is 64.5 Å². The van der Waals surface area contributed by atoms with Gasteiger partial charge in [-0.1, -0.05) is 23.8 Å². The highest BCUT2D eigenvalue weighted by Crippen LogP contribution is 2.15. The van der Waals surface area contributed by atoms with E-state index >= 15 is 0 Å². The highest BCUT2D eigenvalue weighted by Gasteiger charge is 2.11. The average Bonchev–Trinajstić information content (AvgIpc) is 2.34. The van der Waals surface area contributed by atoms with Crippen LogP contribution in [0.25, 0.3) is 0 Å². The summed E-state index contributed by atoms with van der Waals surface area (Å²) in [4.78, 5) is 16.3. The third kappa shape index (κ3) is 2.65. The van der Waals surface area contributed by atoms with Gasteiger partial charge in [0, 0.05) is 24.4 Å². The molecule has 0 radical (unpaired) electrons. The van der Waals surface area contributed by atoms with E-state index in [2.05, 4.69) is 23.2 Å². The normalized spacial score (nSPS) is 10.4. The number of hydrogen-bond donors (Lipinski definition) is 0. The summed E-state index contributed by atoms with van der Waals surface area (Å²) in [6.07, 6.45) is 3.86. The molecule has 1 aromatic heterocycles. The van der Waals surface area contributed by atoms with Crippen molar-refractivity contribution in [1.82, 2.24) is 4.98 Å². The summed E-state index contributed by atoms with van der Waals surface area (Å²) >= 11 is 0. The van der Waals surface area contributed by atoms with Crippen molar-refractivity contribution in [1.29, 1.82) is 0 Å². The Balaban J connectivity index is 2.27. The molecule has 0 aliphatic carbocycles. The van der Waals surface area contributed by atoms with Gasteiger partial charge < -0.3 is 0 Å². The van der Waals surface area contributed by atoms with Crippen molar-refractivity contribution in [3.8, 4) is 0 Å². The SMILES string of the molecule is Cc1ccc(C)c(CC(=O)c2ccncc2C)c1. The first-order valence-electron chi connectivity index (χ1n) is 6.08. The first-order chi connectivity index (χ1) is 8.58. The number of pyridine rings is 1. The van der Waals surface area contributed by atoms with Crippen LogP contribution in [0.1, 0.15) is 32.6 Å². The quantitative estimate of drug-likeness (QED) is 0.768. The number of carbonyl (C=O) groups excluding carboxylic acids is 1. The van der Waals surface area contributed by atoms with Crippen LogP contribution in [-0.4, -0.2) is 10.8 Å². The van der Waals surface area contributed by atoms with Crippen molar-refractivity contribution in [2.24, 2.45) is 0 Å². The minimum atomic E-state index is 0.156. The summed E-state index contributed by atoms with van der Waals surface area (Å²) in [5.74, 6) is 0.156. The molecule has 0 saturated carbocycles. The maximum atomic E-state index is 12.3. The van der Waals surface area contributed by atoms with Gasteiger partial charge >= 0.3 is 0 Å². The van der Waals surface area contributed by atoms with Gasteiger partial charge in [0.1, 0.15) is 0 Å². The lowest BCUT2D eigenvalue weighted by molar-refractivity contribution is 0.0992. The topological polar surface area (TPSA) is 30.0 Å². The third-order valence-corrected chi connectivity index (χ3v) is 3.18. The lowest BCUT2D eigenvalue weighted by atomic mass is 9.97. The van der Waals surface area contributed by atoms with E-state index in [9.17, 15) is 4.79 Å². The Kier molecular flexibility index (Phi) is 3.56. The number of hydrogen-bond acceptors (Lipinski definition) is 2. The molecule has 1 heterocycles. The van der Waals surface area contributed by atoms with Gasteiger partial charge in [-0.15, -0.1) is 0 Å². The maximum absolute atomic E-state index is 12.3. The number of carbonyl (C=O) groups is 1. The molecule has 0 bridgehead atoms. The lowest BCUT2D eigenvalue weighted by Crippen LogP contribution is -2.07. The number of rotatable bonds is 3. The van der Waals surface area contributed by atoms with Gasteiger partial charge in [0.25, 0.3) is 0 Å². The van der Waals surface area contributed by atoms with Gasteiger partial charge in [0.2, 0.25) is 0 Å². The van der Waals surface area contributed by atoms with E-state index in [1.54, 1.807) is 18.5 Å². The second-order valence-electron chi connectivity index (χ2n) is 4.72. The molecule has 0 N–H and O–H groups in total. The van der Waals surface area contributed by atoms with Crippen LogP contribution in [0.2, 0.25) is 0 Å². The summed E-state index contributed by atoms with van der Waals surface area (Å²) in [6, 6.07) is 8.02. The van der Waals surface area contributed by atoms with E-state index in [-0.39, 0.29) is 5.78 Å². The van der Waals surface area contributed by atoms with Crippen molar-refractivity contribution < 1.29 is 4.79 Å². The van der Waals surface area contributed by atoms with Crippen LogP contribution in [0.4, 0.5) is 0 Å². The number of nitrogens with zero attached hydrogens (tertiary/aromatic N) is 1. The Bertz CT molecular complexity index is 587. The predicted molar refractivity (Wildman–Crippen MR) is 72.9 cm³/mol. The van der Waals surface area contributed by atoms with E-state index in [1.807, 2.05) is 20.8 Å². The summed E-state index contributed by atoms with van der Waals surface area (Å²) < 4.78 is 0. The minimum Gasteiger partial charge on any atom is -0.294 e. The van der Waals surface area contributed by atoms with Gasteiger partial charge in [-0.25, -0.2) is 0 Å². The number of aromatic nitrogens is 1. The van der Waals surface area contributed by atoms with Crippen LogP contribution in [0.3, 0.4) is 0 Å². The number of aryl methyl sites for hydroxylation is 3. The molecule has 92 valence electrons. The van der Waals surface area contributed by atoms with Crippen molar-refractivity contribution in [2.75, 3.05) is 0 Å². The standard InChI is InChI=1S/C16H17NO/c1-11-4-5-12(2)14(8-11)9-16(18)15-6-7-17-10-13(15)3/h4-8,10H,9H2,1-3H3. The summed E-state index contributed by atoms with van der Waals surface area (Å²) in [5.41, 5.74) is 5.17. The largest absolute Gasteiger partial charge is 0.294 e. The van der Waals surface area contributed by atoms with Gasteiger partial charge in [0.05, 0.1) is 0 Å². The molecule has 0 aliphatic rings. The van der Waals surface area contributed by atoms with E-state index < -0.39 is 0 Å². The number of Topliss-reactive ketones (excluding diaryl/α,β-unsaturated/α-hetero) is 1. The second kappa shape index (κ2) is 5.13. The molecule has 2 nitrogen and oxygen atoms in total. The van der Waals surface area contributed by atoms with Crippen LogP contribution in [0, 0.1) is 20.8 Å². The summed E-state index contributed by atoms with van der Waals surface area (Å²) in [7, 11) is 0. The van der Waals surface area contributed by atoms with Crippen LogP contribution < -0.4 is 0 Å². The fourth-order valence-electron chi connectivity index (χ4n) is 2.05. The molecule has 0 amide bonds. The van der Waals surface area contributed by atoms with Gasteiger partial charge in [-0.2, -0.15) is 0 Å². The first-order valence-corrected chi connectivity index (χ1v) is 6.08. The Hall–Kier alpha value is -1.96. The summed E-state index contributed by atoms with van der Waals surface area (Å²) in [5, 5.41) is 0. The van der Waals surface area contributed by atoms with Crippen LogP contribution in [0.5, 0.6) is 0 Å². The van der Waals surface area contributed by atoms with Gasteiger partial charge in [-0.3, -0.25) is 9.78 Å². The zero-order chi connectivity index (χ0) is 13.1. The zero-order valence-corrected chi connectivity index (χ0v) is 11.0. The smallest absolute Gasteiger partial charge is 0.167 e. The molecule has 1 aromatic carbocycles. The molecular weight excluding hydrogens is 222 g/mol. The highest BCUT2D eigenvalue weighted by molar-refractivity contribution is 5.98. The molecule has 0 spiro atoms. The fraction of sp³-hybridized carbons (Fsp3) is 0.250. The van der Waals surface area contributed by atoms with E-state index in [1.165, 1.54) is 11.1 Å². The Morgan fingerprint density at radius 2 is 1.89 bits per heavy atom. The predicted octanol–water partition coefficient (Wildman–Crippen LogP) is 3.43. The minimum absolute atomic E-state index is 0.156. The van der Waals surface area contributed by atoms with Gasteiger partial charge in [0.15, 0.2) is 5.78 Å². The molecule has 0 fully saturated rings. The summed E-state index contributed by atoms with van der Waals surface area (Å²) in [6.45, 7) is 6.01. The Morgan fingerprint density at radius 1 is 1.11 bits per heavy atom. The van der Waals surface area contributed by atoms with Crippen LogP contribution in [-0.2, 0) is 6.42 Å². The van der Waals surface area contributed by atoms with Crippen molar-refractivity contribution in [2.45, 2.75) is 27.2 Å². The average molecular weight is 239 g/mol. The number of ketones is 1. The molecule has 0 unspecified atom stereocenters. The van der Waals surface area contributed by atoms with E-state index in [0.717, 1.165) is 16.7 Å². The first kappa shape index (κ1) is 12.5. The molecule has 2 rings (SSSR count). The molecule has 0 saturated heterocycles. The third-order valence-electron chi connectivity index (χ3n) is 3.18. The van der Waals surface area contributed by atoms with Crippen molar-refractivity contribution >= 4 is 5.78 Å². The van der Waals surface area contributed by atoms with Crippen LogP contribution >= 0.6 is 0 Å². The second-order valence-corrected chi connectivity index (χ2v) is 4.72. The van der Waals surface area contributed by atoms with E-state index in [4.69, 9.17) is 0 Å². The highest BCUT2D eigenvalue weighted by atomic mass is 16.1. The molecule has 0 atom stereocenters. The van der Waals surface area contributed by atoms with Crippen molar-refractivity contribution in [3.63, 3.8) is 0 Å². The maximum Gasteiger partial charge on any atom is 0.167 e. The zero-order valence-electron chi connectivity index (χ0n) is 11.0. The van der Waals surface area contributed by atoms with E-state index in [0.29, 0.717) is 6.42 Å². The van der Waals surface area contributed by atoms with Gasteiger partial charge in [-0.05, 0) is 43.5 Å². The molecule has 0 aliphatic heterocycles. The molecule has 18 heavy (non-hydrogen) atoms. The monoisotopic (exact) mass is 239 g/mol. The molecule has 2 aromatic rings. The molecule has 2 heteroatoms. The molecular formula is C16H17NO. The number of benzene rings is 1. The van der Waals surface area contributed by atoms with Crippen LogP contribution in [0.15, 0.2) is 36.7 Å². The Morgan fingerprint density at radius 3 is 2.61 bits per heavy atom. The fourth-order valence-corrected chi connectivity index (χ4v) is 2.05.